The molecule has 38 heavy (non-hydrogen) atoms. The van der Waals surface area contributed by atoms with Crippen molar-refractivity contribution in [3.8, 4) is 11.5 Å². The second-order valence-corrected chi connectivity index (χ2v) is 12.0. The summed E-state index contributed by atoms with van der Waals surface area (Å²) in [6.45, 7) is 13.7. The number of hydrogen-bond donors (Lipinski definition) is 2. The molecule has 0 spiro atoms. The van der Waals surface area contributed by atoms with E-state index in [2.05, 4.69) is 5.32 Å². The summed E-state index contributed by atoms with van der Waals surface area (Å²) in [4.78, 5) is 29.6. The highest BCUT2D eigenvalue weighted by Crippen LogP contribution is 2.39. The Bertz CT molecular complexity index is 1100. The molecule has 208 valence electrons. The zero-order valence-corrected chi connectivity index (χ0v) is 23.8. The molecule has 8 nitrogen and oxygen atoms in total. The highest BCUT2D eigenvalue weighted by molar-refractivity contribution is 5.91. The van der Waals surface area contributed by atoms with Gasteiger partial charge in [-0.3, -0.25) is 0 Å². The number of phenols is 1. The van der Waals surface area contributed by atoms with Crippen molar-refractivity contribution < 1.29 is 24.2 Å². The van der Waals surface area contributed by atoms with Crippen LogP contribution in [0.25, 0.3) is 0 Å². The number of likely N-dealkylation sites (tertiary alicyclic amines) is 1. The molecular weight excluding hydrogens is 482 g/mol. The molecule has 3 rings (SSSR count). The number of piperidine rings is 1. The largest absolute Gasteiger partial charge is 0.505 e. The first-order valence-electron chi connectivity index (χ1n) is 13.3. The molecule has 0 aromatic heterocycles. The second kappa shape index (κ2) is 12.0. The van der Waals surface area contributed by atoms with Crippen LogP contribution in [0.1, 0.15) is 65.5 Å². The topological polar surface area (TPSA) is 91.3 Å². The summed E-state index contributed by atoms with van der Waals surface area (Å²) in [5, 5.41) is 13.9. The van der Waals surface area contributed by atoms with E-state index in [1.165, 1.54) is 0 Å². The van der Waals surface area contributed by atoms with E-state index in [4.69, 9.17) is 9.47 Å². The number of benzene rings is 2. The van der Waals surface area contributed by atoms with E-state index >= 15 is 0 Å². The van der Waals surface area contributed by atoms with E-state index in [-0.39, 0.29) is 29.2 Å². The molecular formula is C30H43N3O5. The number of carbonyl (C=O) groups excluding carboxylic acids is 2. The van der Waals surface area contributed by atoms with E-state index in [9.17, 15) is 14.7 Å². The van der Waals surface area contributed by atoms with Crippen molar-refractivity contribution in [2.75, 3.05) is 32.1 Å². The first-order valence-corrected chi connectivity index (χ1v) is 13.3. The van der Waals surface area contributed by atoms with Crippen molar-refractivity contribution in [1.82, 2.24) is 9.80 Å². The Morgan fingerprint density at radius 2 is 1.68 bits per heavy atom. The van der Waals surface area contributed by atoms with Gasteiger partial charge in [-0.05, 0) is 56.6 Å². The lowest BCUT2D eigenvalue weighted by molar-refractivity contribution is 0.0173. The lowest BCUT2D eigenvalue weighted by Gasteiger charge is -2.35. The minimum absolute atomic E-state index is 0.0389. The highest BCUT2D eigenvalue weighted by Gasteiger charge is 2.29. The molecule has 3 amide bonds. The number of urea groups is 1. The van der Waals surface area contributed by atoms with E-state index in [0.29, 0.717) is 43.2 Å². The van der Waals surface area contributed by atoms with E-state index in [1.54, 1.807) is 29.0 Å². The van der Waals surface area contributed by atoms with Crippen LogP contribution in [0.5, 0.6) is 11.5 Å². The van der Waals surface area contributed by atoms with Crippen LogP contribution in [0.2, 0.25) is 0 Å². The van der Waals surface area contributed by atoms with E-state index in [0.717, 1.165) is 18.4 Å². The van der Waals surface area contributed by atoms with Gasteiger partial charge in [-0.25, -0.2) is 9.59 Å². The second-order valence-electron chi connectivity index (χ2n) is 12.0. The number of phenolic OH excluding ortho intramolecular Hbond substituents is 1. The maximum Gasteiger partial charge on any atom is 0.410 e. The molecule has 1 saturated heterocycles. The molecule has 8 heteroatoms. The van der Waals surface area contributed by atoms with Gasteiger partial charge in [-0.15, -0.1) is 0 Å². The first-order chi connectivity index (χ1) is 17.8. The number of nitrogens with one attached hydrogen (secondary N) is 1. The minimum Gasteiger partial charge on any atom is -0.505 e. The lowest BCUT2D eigenvalue weighted by atomic mass is 9.85. The lowest BCUT2D eigenvalue weighted by Crippen LogP contribution is -2.45. The fraction of sp³-hybridized carbons (Fsp3) is 0.533. The van der Waals surface area contributed by atoms with Crippen LogP contribution < -0.4 is 10.1 Å². The van der Waals surface area contributed by atoms with Crippen LogP contribution in [0.3, 0.4) is 0 Å². The third kappa shape index (κ3) is 8.04. The van der Waals surface area contributed by atoms with Gasteiger partial charge in [0.1, 0.15) is 17.1 Å². The fourth-order valence-corrected chi connectivity index (χ4v) is 4.55. The van der Waals surface area contributed by atoms with Crippen LogP contribution in [-0.2, 0) is 16.7 Å². The van der Waals surface area contributed by atoms with Crippen molar-refractivity contribution in [1.29, 1.82) is 0 Å². The van der Waals surface area contributed by atoms with Crippen LogP contribution >= 0.6 is 0 Å². The number of nitrogens with zero attached hydrogens (tertiary/aromatic N) is 2. The van der Waals surface area contributed by atoms with Crippen molar-refractivity contribution in [2.45, 2.75) is 71.9 Å². The molecule has 2 aromatic rings. The molecule has 0 radical (unpaired) electrons. The Labute approximate surface area is 226 Å². The number of rotatable bonds is 6. The highest BCUT2D eigenvalue weighted by atomic mass is 16.6. The predicted molar refractivity (Wildman–Crippen MR) is 150 cm³/mol. The quantitative estimate of drug-likeness (QED) is 0.427. The minimum atomic E-state index is -0.531. The normalized spacial score (nSPS) is 14.7. The number of carbonyl (C=O) groups is 2. The van der Waals surface area contributed by atoms with Gasteiger partial charge in [0, 0.05) is 37.8 Å². The Kier molecular flexibility index (Phi) is 9.18. The molecule has 1 aliphatic heterocycles. The van der Waals surface area contributed by atoms with Gasteiger partial charge >= 0.3 is 12.1 Å². The van der Waals surface area contributed by atoms with E-state index in [1.807, 2.05) is 71.9 Å². The maximum absolute atomic E-state index is 13.6. The van der Waals surface area contributed by atoms with Gasteiger partial charge < -0.3 is 29.7 Å². The summed E-state index contributed by atoms with van der Waals surface area (Å²) < 4.78 is 11.0. The SMILES string of the molecule is COc1cc(NC(=O)N(Cc2ccccc2)CC2CCN(C(=O)OC(C)(C)C)CC2)c(O)c(C(C)(C)C)c1. The van der Waals surface area contributed by atoms with Gasteiger partial charge in [-0.2, -0.15) is 0 Å². The third-order valence-electron chi connectivity index (χ3n) is 6.62. The predicted octanol–water partition coefficient (Wildman–Crippen LogP) is 6.38. The van der Waals surface area contributed by atoms with Crippen LogP contribution in [0.4, 0.5) is 15.3 Å². The molecule has 1 heterocycles. The average Bonchev–Trinajstić information content (AvgIpc) is 2.84. The van der Waals surface area contributed by atoms with Crippen molar-refractivity contribution in [3.05, 3.63) is 53.6 Å². The number of hydrogen-bond acceptors (Lipinski definition) is 5. The molecule has 2 N–H and O–H groups in total. The Balaban J connectivity index is 1.76. The Morgan fingerprint density at radius 3 is 2.24 bits per heavy atom. The number of methoxy groups -OCH3 is 1. The Morgan fingerprint density at radius 1 is 1.05 bits per heavy atom. The van der Waals surface area contributed by atoms with E-state index < -0.39 is 5.60 Å². The van der Waals surface area contributed by atoms with Gasteiger partial charge in [0.15, 0.2) is 0 Å². The standard InChI is InChI=1S/C30H43N3O5/c1-29(2,3)24-17-23(37-7)18-25(26(24)34)31-27(35)33(19-21-11-9-8-10-12-21)20-22-13-15-32(16-14-22)28(36)38-30(4,5)6/h8-12,17-18,22,34H,13-16,19-20H2,1-7H3,(H,31,35). The van der Waals surface area contributed by atoms with Crippen LogP contribution in [-0.4, -0.2) is 59.4 Å². The molecule has 0 bridgehead atoms. The van der Waals surface area contributed by atoms with Crippen molar-refractivity contribution >= 4 is 17.8 Å². The zero-order valence-electron chi connectivity index (χ0n) is 23.8. The summed E-state index contributed by atoms with van der Waals surface area (Å²) in [6.07, 6.45) is 1.25. The fourth-order valence-electron chi connectivity index (χ4n) is 4.55. The summed E-state index contributed by atoms with van der Waals surface area (Å²) in [5.41, 5.74) is 1.15. The molecule has 1 aliphatic rings. The zero-order chi connectivity index (χ0) is 28.1. The van der Waals surface area contributed by atoms with Gasteiger partial charge in [0.05, 0.1) is 12.8 Å². The molecule has 2 aromatic carbocycles. The molecule has 0 aliphatic carbocycles. The number of ether oxygens (including phenoxy) is 2. The van der Waals surface area contributed by atoms with Crippen molar-refractivity contribution in [3.63, 3.8) is 0 Å². The molecule has 0 saturated carbocycles. The summed E-state index contributed by atoms with van der Waals surface area (Å²) >= 11 is 0. The van der Waals surface area contributed by atoms with Gasteiger partial charge in [-0.1, -0.05) is 51.1 Å². The van der Waals surface area contributed by atoms with Crippen molar-refractivity contribution in [2.24, 2.45) is 5.92 Å². The van der Waals surface area contributed by atoms with Gasteiger partial charge in [0.2, 0.25) is 0 Å². The maximum atomic E-state index is 13.6. The molecule has 0 unspecified atom stereocenters. The van der Waals surface area contributed by atoms with Crippen LogP contribution in [0, 0.1) is 5.92 Å². The molecule has 0 atom stereocenters. The smallest absolute Gasteiger partial charge is 0.410 e. The number of amides is 3. The van der Waals surface area contributed by atoms with Crippen LogP contribution in [0.15, 0.2) is 42.5 Å². The Hall–Kier alpha value is -3.42. The average molecular weight is 526 g/mol. The summed E-state index contributed by atoms with van der Waals surface area (Å²) in [7, 11) is 1.57. The summed E-state index contributed by atoms with van der Waals surface area (Å²) in [5.74, 6) is 0.830. The van der Waals surface area contributed by atoms with Gasteiger partial charge in [0.25, 0.3) is 0 Å². The monoisotopic (exact) mass is 525 g/mol. The first kappa shape index (κ1) is 29.1. The molecule has 1 fully saturated rings. The number of anilines is 1. The third-order valence-corrected chi connectivity index (χ3v) is 6.62. The number of aromatic hydroxyl groups is 1. The summed E-state index contributed by atoms with van der Waals surface area (Å²) in [6, 6.07) is 13.0.